The van der Waals surface area contributed by atoms with Crippen LogP contribution in [0.4, 0.5) is 9.18 Å². The van der Waals surface area contributed by atoms with E-state index in [2.05, 4.69) is 22.3 Å². The van der Waals surface area contributed by atoms with Crippen molar-refractivity contribution in [1.82, 2.24) is 15.1 Å². The lowest BCUT2D eigenvalue weighted by Gasteiger charge is -2.41. The summed E-state index contributed by atoms with van der Waals surface area (Å²) in [5.74, 6) is -0.255. The Morgan fingerprint density at radius 1 is 1.00 bits per heavy atom. The minimum atomic E-state index is -0.255. The van der Waals surface area contributed by atoms with E-state index in [0.717, 1.165) is 37.1 Å². The number of hydrogen-bond donors (Lipinski definition) is 1. The Balaban J connectivity index is 1.45. The zero-order valence-electron chi connectivity index (χ0n) is 15.3. The van der Waals surface area contributed by atoms with Gasteiger partial charge in [-0.1, -0.05) is 36.4 Å². The standard InChI is InChI=1S/C22H24FN3O/c23-17-7-5-16(6-8-17)21-18-4-2-1-3-15(18)9-14-26(21)22(27)24-19-10-12-25-13-11-20(19)25/h1-8,19-21H,9-14H2,(H,24,27)/t19?,20-,21+/m1/s1. The number of carbonyl (C=O) groups excluding carboxylic acids is 1. The Morgan fingerprint density at radius 3 is 2.52 bits per heavy atom. The summed E-state index contributed by atoms with van der Waals surface area (Å²) in [7, 11) is 0. The van der Waals surface area contributed by atoms with Crippen LogP contribution in [0.5, 0.6) is 0 Å². The summed E-state index contributed by atoms with van der Waals surface area (Å²) >= 11 is 0. The van der Waals surface area contributed by atoms with Gasteiger partial charge in [-0.05, 0) is 48.1 Å². The number of nitrogens with zero attached hydrogens (tertiary/aromatic N) is 2. The number of rotatable bonds is 2. The van der Waals surface area contributed by atoms with Gasteiger partial charge in [-0.3, -0.25) is 4.90 Å². The smallest absolute Gasteiger partial charge is 0.318 e. The molecule has 4 nitrogen and oxygen atoms in total. The van der Waals surface area contributed by atoms with Gasteiger partial charge in [0, 0.05) is 31.7 Å². The summed E-state index contributed by atoms with van der Waals surface area (Å²) in [6.07, 6.45) is 3.05. The number of amides is 2. The summed E-state index contributed by atoms with van der Waals surface area (Å²) in [4.78, 5) is 17.6. The van der Waals surface area contributed by atoms with Gasteiger partial charge in [0.25, 0.3) is 0 Å². The topological polar surface area (TPSA) is 35.6 Å². The van der Waals surface area contributed by atoms with Gasteiger partial charge in [0.05, 0.1) is 6.04 Å². The predicted molar refractivity (Wildman–Crippen MR) is 102 cm³/mol. The van der Waals surface area contributed by atoms with E-state index < -0.39 is 0 Å². The van der Waals surface area contributed by atoms with E-state index in [9.17, 15) is 9.18 Å². The van der Waals surface area contributed by atoms with E-state index in [0.29, 0.717) is 12.6 Å². The second-order valence-corrected chi connectivity index (χ2v) is 7.83. The van der Waals surface area contributed by atoms with Gasteiger partial charge >= 0.3 is 6.03 Å². The molecule has 0 radical (unpaired) electrons. The molecule has 0 spiro atoms. The second kappa shape index (κ2) is 6.64. The molecule has 3 heterocycles. The van der Waals surface area contributed by atoms with Crippen molar-refractivity contribution in [2.45, 2.75) is 37.4 Å². The van der Waals surface area contributed by atoms with Crippen LogP contribution in [0.3, 0.4) is 0 Å². The lowest BCUT2D eigenvalue weighted by Crippen LogP contribution is -2.55. The van der Waals surface area contributed by atoms with E-state index in [1.165, 1.54) is 24.1 Å². The molecular weight excluding hydrogens is 341 g/mol. The molecule has 3 aliphatic rings. The fourth-order valence-corrected chi connectivity index (χ4v) is 4.89. The van der Waals surface area contributed by atoms with Gasteiger partial charge < -0.3 is 10.2 Å². The first-order chi connectivity index (χ1) is 13.2. The van der Waals surface area contributed by atoms with E-state index in [-0.39, 0.29) is 23.9 Å². The number of carbonyl (C=O) groups is 1. The first-order valence-corrected chi connectivity index (χ1v) is 9.85. The van der Waals surface area contributed by atoms with Crippen LogP contribution in [0.15, 0.2) is 48.5 Å². The highest BCUT2D eigenvalue weighted by Gasteiger charge is 2.42. The van der Waals surface area contributed by atoms with E-state index in [1.54, 1.807) is 12.1 Å². The van der Waals surface area contributed by atoms with Gasteiger partial charge in [0.15, 0.2) is 0 Å². The monoisotopic (exact) mass is 365 g/mol. The van der Waals surface area contributed by atoms with Crippen molar-refractivity contribution in [3.8, 4) is 0 Å². The number of halogens is 1. The third kappa shape index (κ3) is 2.90. The fourth-order valence-electron chi connectivity index (χ4n) is 4.89. The zero-order valence-corrected chi connectivity index (χ0v) is 15.3. The van der Waals surface area contributed by atoms with Crippen molar-refractivity contribution >= 4 is 6.03 Å². The molecule has 3 aliphatic heterocycles. The minimum absolute atomic E-state index is 0.00224. The van der Waals surface area contributed by atoms with Crippen LogP contribution < -0.4 is 5.32 Å². The lowest BCUT2D eigenvalue weighted by atomic mass is 9.88. The minimum Gasteiger partial charge on any atom is -0.334 e. The van der Waals surface area contributed by atoms with Gasteiger partial charge in [0.2, 0.25) is 0 Å². The highest BCUT2D eigenvalue weighted by atomic mass is 19.1. The summed E-state index contributed by atoms with van der Waals surface area (Å²) in [6.45, 7) is 2.91. The Bertz CT molecular complexity index is 853. The summed E-state index contributed by atoms with van der Waals surface area (Å²) < 4.78 is 13.5. The first-order valence-electron chi connectivity index (χ1n) is 9.85. The van der Waals surface area contributed by atoms with Gasteiger partial charge in [-0.25, -0.2) is 9.18 Å². The van der Waals surface area contributed by atoms with Crippen molar-refractivity contribution in [2.75, 3.05) is 19.6 Å². The molecule has 0 aromatic heterocycles. The van der Waals surface area contributed by atoms with Crippen LogP contribution in [0.1, 0.15) is 35.6 Å². The van der Waals surface area contributed by atoms with E-state index in [4.69, 9.17) is 0 Å². The molecule has 140 valence electrons. The average Bonchev–Trinajstić information content (AvgIpc) is 2.94. The fraction of sp³-hybridized carbons (Fsp3) is 0.409. The summed E-state index contributed by atoms with van der Waals surface area (Å²) in [5.41, 5.74) is 3.36. The van der Waals surface area contributed by atoms with E-state index in [1.807, 2.05) is 17.0 Å². The molecule has 2 fully saturated rings. The average molecular weight is 365 g/mol. The maximum Gasteiger partial charge on any atom is 0.318 e. The van der Waals surface area contributed by atoms with Crippen LogP contribution in [0, 0.1) is 5.82 Å². The van der Waals surface area contributed by atoms with Gasteiger partial charge in [0.1, 0.15) is 5.82 Å². The van der Waals surface area contributed by atoms with E-state index >= 15 is 0 Å². The number of urea groups is 1. The molecule has 5 rings (SSSR count). The molecule has 0 aliphatic carbocycles. The Morgan fingerprint density at radius 2 is 1.78 bits per heavy atom. The first kappa shape index (κ1) is 16.8. The lowest BCUT2D eigenvalue weighted by molar-refractivity contribution is 0.119. The Hall–Kier alpha value is -2.40. The zero-order chi connectivity index (χ0) is 18.4. The number of benzene rings is 2. The molecule has 0 saturated carbocycles. The van der Waals surface area contributed by atoms with Crippen LogP contribution >= 0.6 is 0 Å². The van der Waals surface area contributed by atoms with Crippen molar-refractivity contribution in [3.63, 3.8) is 0 Å². The van der Waals surface area contributed by atoms with Crippen molar-refractivity contribution < 1.29 is 9.18 Å². The van der Waals surface area contributed by atoms with Crippen molar-refractivity contribution in [3.05, 3.63) is 71.0 Å². The molecule has 2 saturated heterocycles. The normalized spacial score (nSPS) is 26.9. The van der Waals surface area contributed by atoms with Crippen molar-refractivity contribution in [2.24, 2.45) is 0 Å². The largest absolute Gasteiger partial charge is 0.334 e. The van der Waals surface area contributed by atoms with Crippen LogP contribution in [-0.4, -0.2) is 47.5 Å². The second-order valence-electron chi connectivity index (χ2n) is 7.83. The van der Waals surface area contributed by atoms with Crippen molar-refractivity contribution in [1.29, 1.82) is 0 Å². The SMILES string of the molecule is O=C(NC1CCN2CC[C@H]12)N1CCc2ccccc2[C@@H]1c1ccc(F)cc1. The molecule has 27 heavy (non-hydrogen) atoms. The summed E-state index contributed by atoms with van der Waals surface area (Å²) in [5, 5.41) is 3.29. The molecule has 2 amide bonds. The maximum absolute atomic E-state index is 13.5. The Labute approximate surface area is 159 Å². The highest BCUT2D eigenvalue weighted by molar-refractivity contribution is 5.76. The van der Waals surface area contributed by atoms with Crippen LogP contribution in [0.2, 0.25) is 0 Å². The molecule has 1 N–H and O–H groups in total. The summed E-state index contributed by atoms with van der Waals surface area (Å²) in [6, 6.07) is 15.4. The third-order valence-electron chi connectivity index (χ3n) is 6.41. The van der Waals surface area contributed by atoms with Crippen LogP contribution in [-0.2, 0) is 6.42 Å². The third-order valence-corrected chi connectivity index (χ3v) is 6.41. The predicted octanol–water partition coefficient (Wildman–Crippen LogP) is 3.33. The molecule has 3 atom stereocenters. The molecular formula is C22H24FN3O. The quantitative estimate of drug-likeness (QED) is 0.886. The molecule has 5 heteroatoms. The van der Waals surface area contributed by atoms with Crippen LogP contribution in [0.25, 0.3) is 0 Å². The highest BCUT2D eigenvalue weighted by Crippen LogP contribution is 2.36. The number of hydrogen-bond acceptors (Lipinski definition) is 2. The molecule has 0 bridgehead atoms. The van der Waals surface area contributed by atoms with Gasteiger partial charge in [-0.2, -0.15) is 0 Å². The molecule has 2 aromatic carbocycles. The number of fused-ring (bicyclic) bond motifs is 2. The number of nitrogens with one attached hydrogen (secondary N) is 1. The molecule has 1 unspecified atom stereocenters. The maximum atomic E-state index is 13.5. The van der Waals surface area contributed by atoms with Gasteiger partial charge in [-0.15, -0.1) is 0 Å². The Kier molecular flexibility index (Phi) is 4.12. The molecule has 2 aromatic rings.